The summed E-state index contributed by atoms with van der Waals surface area (Å²) in [5.74, 6) is -0.826. The summed E-state index contributed by atoms with van der Waals surface area (Å²) in [4.78, 5) is 28.4. The largest absolute Gasteiger partial charge is 0.465 e. The molecule has 27 heavy (non-hydrogen) atoms. The molecule has 0 saturated heterocycles. The molecule has 0 radical (unpaired) electrons. The van der Waals surface area contributed by atoms with Gasteiger partial charge in [-0.25, -0.2) is 4.79 Å². The van der Waals surface area contributed by atoms with E-state index in [0.29, 0.717) is 27.6 Å². The van der Waals surface area contributed by atoms with E-state index in [9.17, 15) is 9.59 Å². The third-order valence-electron chi connectivity index (χ3n) is 3.69. The molecule has 136 valence electrons. The van der Waals surface area contributed by atoms with Crippen molar-refractivity contribution in [3.63, 3.8) is 0 Å². The first-order valence-corrected chi connectivity index (χ1v) is 8.42. The molecular formula is C20H16ClN3O3. The minimum Gasteiger partial charge on any atom is -0.465 e. The number of carbonyl (C=O) groups is 2. The van der Waals surface area contributed by atoms with Crippen LogP contribution in [0.1, 0.15) is 20.8 Å². The number of rotatable bonds is 5. The summed E-state index contributed by atoms with van der Waals surface area (Å²) in [5, 5.41) is 6.38. The number of para-hydroxylation sites is 1. The van der Waals surface area contributed by atoms with Crippen molar-refractivity contribution in [2.75, 3.05) is 17.7 Å². The number of hydrogen-bond acceptors (Lipinski definition) is 5. The molecule has 1 heterocycles. The first-order chi connectivity index (χ1) is 13.1. The van der Waals surface area contributed by atoms with Crippen LogP contribution < -0.4 is 10.6 Å². The summed E-state index contributed by atoms with van der Waals surface area (Å²) in [7, 11) is 1.32. The lowest BCUT2D eigenvalue weighted by molar-refractivity contribution is 0.0601. The fourth-order valence-electron chi connectivity index (χ4n) is 2.43. The van der Waals surface area contributed by atoms with Gasteiger partial charge < -0.3 is 15.4 Å². The van der Waals surface area contributed by atoms with Crippen LogP contribution in [0.25, 0.3) is 0 Å². The average molecular weight is 382 g/mol. The Morgan fingerprint density at radius 1 is 1.00 bits per heavy atom. The van der Waals surface area contributed by atoms with E-state index in [1.807, 2.05) is 0 Å². The normalized spacial score (nSPS) is 10.1. The van der Waals surface area contributed by atoms with Crippen LogP contribution in [0, 0.1) is 0 Å². The number of benzene rings is 2. The van der Waals surface area contributed by atoms with Crippen LogP contribution >= 0.6 is 11.6 Å². The Bertz CT molecular complexity index is 991. The molecule has 0 spiro atoms. The molecule has 0 unspecified atom stereocenters. The van der Waals surface area contributed by atoms with Crippen LogP contribution in [-0.2, 0) is 4.74 Å². The lowest BCUT2D eigenvalue weighted by Crippen LogP contribution is -2.14. The Balaban J connectivity index is 1.80. The topological polar surface area (TPSA) is 80.3 Å². The van der Waals surface area contributed by atoms with Gasteiger partial charge in [0.25, 0.3) is 5.91 Å². The first kappa shape index (κ1) is 18.4. The SMILES string of the molecule is COC(=O)c1ccccc1Nc1ccnc(C(=O)Nc2cccc(Cl)c2)c1. The maximum absolute atomic E-state index is 12.4. The Hall–Kier alpha value is -3.38. The minimum atomic E-state index is -0.453. The van der Waals surface area contributed by atoms with Gasteiger partial charge in [-0.2, -0.15) is 0 Å². The van der Waals surface area contributed by atoms with E-state index in [0.717, 1.165) is 0 Å². The highest BCUT2D eigenvalue weighted by Gasteiger charge is 2.13. The highest BCUT2D eigenvalue weighted by Crippen LogP contribution is 2.22. The molecule has 1 aromatic heterocycles. The van der Waals surface area contributed by atoms with Gasteiger partial charge in [0.2, 0.25) is 0 Å². The number of carbonyl (C=O) groups excluding carboxylic acids is 2. The van der Waals surface area contributed by atoms with E-state index in [2.05, 4.69) is 15.6 Å². The van der Waals surface area contributed by atoms with Gasteiger partial charge >= 0.3 is 5.97 Å². The van der Waals surface area contributed by atoms with Crippen molar-refractivity contribution < 1.29 is 14.3 Å². The number of hydrogen-bond donors (Lipinski definition) is 2. The molecule has 0 fully saturated rings. The van der Waals surface area contributed by atoms with E-state index in [1.54, 1.807) is 60.7 Å². The maximum atomic E-state index is 12.4. The summed E-state index contributed by atoms with van der Waals surface area (Å²) in [5.41, 5.74) is 2.36. The smallest absolute Gasteiger partial charge is 0.339 e. The van der Waals surface area contributed by atoms with Crippen LogP contribution in [0.15, 0.2) is 66.9 Å². The molecule has 3 rings (SSSR count). The number of esters is 1. The third kappa shape index (κ3) is 4.62. The molecule has 0 aliphatic carbocycles. The first-order valence-electron chi connectivity index (χ1n) is 8.04. The van der Waals surface area contributed by atoms with Crippen LogP contribution in [0.5, 0.6) is 0 Å². The summed E-state index contributed by atoms with van der Waals surface area (Å²) in [6.07, 6.45) is 1.51. The quantitative estimate of drug-likeness (QED) is 0.635. The number of nitrogens with zero attached hydrogens (tertiary/aromatic N) is 1. The lowest BCUT2D eigenvalue weighted by Gasteiger charge is -2.11. The molecule has 0 aliphatic rings. The van der Waals surface area contributed by atoms with Crippen molar-refractivity contribution in [2.45, 2.75) is 0 Å². The number of amides is 1. The zero-order valence-electron chi connectivity index (χ0n) is 14.4. The molecule has 0 bridgehead atoms. The highest BCUT2D eigenvalue weighted by molar-refractivity contribution is 6.30. The van der Waals surface area contributed by atoms with Gasteiger partial charge in [0, 0.05) is 22.6 Å². The third-order valence-corrected chi connectivity index (χ3v) is 3.92. The van der Waals surface area contributed by atoms with Crippen LogP contribution in [0.4, 0.5) is 17.1 Å². The van der Waals surface area contributed by atoms with Gasteiger partial charge in [0.15, 0.2) is 0 Å². The summed E-state index contributed by atoms with van der Waals surface area (Å²) in [6.45, 7) is 0. The summed E-state index contributed by atoms with van der Waals surface area (Å²) in [6, 6.07) is 17.1. The van der Waals surface area contributed by atoms with Gasteiger partial charge in [-0.1, -0.05) is 29.8 Å². The number of nitrogens with one attached hydrogen (secondary N) is 2. The number of anilines is 3. The molecule has 1 amide bonds. The van der Waals surface area contributed by atoms with Crippen molar-refractivity contribution >= 4 is 40.5 Å². The molecule has 0 aliphatic heterocycles. The number of methoxy groups -OCH3 is 1. The van der Waals surface area contributed by atoms with Crippen LogP contribution in [-0.4, -0.2) is 24.0 Å². The second kappa shape index (κ2) is 8.33. The van der Waals surface area contributed by atoms with Gasteiger partial charge in [-0.3, -0.25) is 9.78 Å². The lowest BCUT2D eigenvalue weighted by atomic mass is 10.1. The second-order valence-electron chi connectivity index (χ2n) is 5.56. The Kier molecular flexibility index (Phi) is 5.68. The van der Waals surface area contributed by atoms with Crippen molar-refractivity contribution in [1.82, 2.24) is 4.98 Å². The maximum Gasteiger partial charge on any atom is 0.339 e. The van der Waals surface area contributed by atoms with Crippen molar-refractivity contribution in [2.24, 2.45) is 0 Å². The van der Waals surface area contributed by atoms with E-state index < -0.39 is 5.97 Å². The van der Waals surface area contributed by atoms with Gasteiger partial charge in [-0.05, 0) is 42.5 Å². The second-order valence-corrected chi connectivity index (χ2v) is 5.99. The van der Waals surface area contributed by atoms with E-state index in [-0.39, 0.29) is 11.6 Å². The average Bonchev–Trinajstić information content (AvgIpc) is 2.68. The Morgan fingerprint density at radius 2 is 1.81 bits per heavy atom. The van der Waals surface area contributed by atoms with E-state index in [1.165, 1.54) is 13.3 Å². The monoisotopic (exact) mass is 381 g/mol. The highest BCUT2D eigenvalue weighted by atomic mass is 35.5. The fourth-order valence-corrected chi connectivity index (χ4v) is 2.62. The number of pyridine rings is 1. The Labute approximate surface area is 161 Å². The van der Waals surface area contributed by atoms with E-state index >= 15 is 0 Å². The van der Waals surface area contributed by atoms with E-state index in [4.69, 9.17) is 16.3 Å². The molecule has 6 nitrogen and oxygen atoms in total. The molecule has 2 aromatic carbocycles. The molecule has 0 atom stereocenters. The summed E-state index contributed by atoms with van der Waals surface area (Å²) < 4.78 is 4.79. The number of ether oxygens (including phenoxy) is 1. The molecule has 7 heteroatoms. The number of aromatic nitrogens is 1. The van der Waals surface area contributed by atoms with Crippen molar-refractivity contribution in [1.29, 1.82) is 0 Å². The molecular weight excluding hydrogens is 366 g/mol. The zero-order valence-corrected chi connectivity index (χ0v) is 15.2. The molecule has 2 N–H and O–H groups in total. The van der Waals surface area contributed by atoms with Crippen molar-refractivity contribution in [3.8, 4) is 0 Å². The summed E-state index contributed by atoms with van der Waals surface area (Å²) >= 11 is 5.93. The zero-order chi connectivity index (χ0) is 19.2. The van der Waals surface area contributed by atoms with Crippen molar-refractivity contribution in [3.05, 3.63) is 83.1 Å². The van der Waals surface area contributed by atoms with Crippen LogP contribution in [0.2, 0.25) is 5.02 Å². The number of halogens is 1. The van der Waals surface area contributed by atoms with Crippen LogP contribution in [0.3, 0.4) is 0 Å². The van der Waals surface area contributed by atoms with Gasteiger partial charge in [0.05, 0.1) is 18.4 Å². The molecule has 0 saturated carbocycles. The Morgan fingerprint density at radius 3 is 2.59 bits per heavy atom. The van der Waals surface area contributed by atoms with Gasteiger partial charge in [0.1, 0.15) is 5.69 Å². The predicted molar refractivity (Wildman–Crippen MR) is 105 cm³/mol. The van der Waals surface area contributed by atoms with Gasteiger partial charge in [-0.15, -0.1) is 0 Å². The molecule has 3 aromatic rings. The standard InChI is InChI=1S/C20H16ClN3O3/c1-27-20(26)16-7-2-3-8-17(16)23-15-9-10-22-18(12-15)19(25)24-14-6-4-5-13(21)11-14/h2-12H,1H3,(H,22,23)(H,24,25). The minimum absolute atomic E-state index is 0.218. The fraction of sp³-hybridized carbons (Fsp3) is 0.0500. The predicted octanol–water partition coefficient (Wildman–Crippen LogP) is 4.52.